The molecule has 0 bridgehead atoms. The molecule has 0 aromatic heterocycles. The minimum atomic E-state index is -1.01. The molecule has 2 aromatic rings. The van der Waals surface area contributed by atoms with E-state index in [1.807, 2.05) is 35.2 Å². The first-order valence-corrected chi connectivity index (χ1v) is 13.5. The first kappa shape index (κ1) is 27.5. The van der Waals surface area contributed by atoms with Crippen LogP contribution in [0.2, 0.25) is 0 Å². The normalized spacial score (nSPS) is 19.6. The summed E-state index contributed by atoms with van der Waals surface area (Å²) in [5.41, 5.74) is 1.38. The summed E-state index contributed by atoms with van der Waals surface area (Å²) in [7, 11) is 0. The van der Waals surface area contributed by atoms with Crippen molar-refractivity contribution in [3.8, 4) is 5.75 Å². The van der Waals surface area contributed by atoms with E-state index in [1.54, 1.807) is 18.2 Å². The zero-order valence-corrected chi connectivity index (χ0v) is 22.2. The van der Waals surface area contributed by atoms with Crippen molar-refractivity contribution in [1.29, 1.82) is 0 Å². The van der Waals surface area contributed by atoms with Crippen LogP contribution in [0.1, 0.15) is 45.5 Å². The predicted octanol–water partition coefficient (Wildman–Crippen LogP) is 1.22. The molecule has 210 valence electrons. The number of nitrogens with one attached hydrogen (secondary N) is 1. The SMILES string of the molecule is O=C1CCC(N2C(=O)c3cccc(OCCCN4CCN(C(=O)COCc5ccccc5)CC4)c3C2=O)C(=O)N1. The van der Waals surface area contributed by atoms with E-state index in [-0.39, 0.29) is 36.5 Å². The maximum Gasteiger partial charge on any atom is 0.266 e. The Balaban J connectivity index is 1.05. The molecule has 3 aliphatic rings. The van der Waals surface area contributed by atoms with Gasteiger partial charge in [0, 0.05) is 39.1 Å². The molecule has 2 aromatic carbocycles. The third-order valence-electron chi connectivity index (χ3n) is 7.37. The Kier molecular flexibility index (Phi) is 8.51. The summed E-state index contributed by atoms with van der Waals surface area (Å²) in [4.78, 5) is 67.4. The number of rotatable bonds is 10. The zero-order valence-electron chi connectivity index (χ0n) is 22.2. The number of piperazine rings is 1. The highest BCUT2D eigenvalue weighted by molar-refractivity contribution is 6.24. The van der Waals surface area contributed by atoms with Crippen LogP contribution in [0.3, 0.4) is 0 Å². The number of carbonyl (C=O) groups is 5. The van der Waals surface area contributed by atoms with Crippen molar-refractivity contribution in [2.75, 3.05) is 45.9 Å². The van der Waals surface area contributed by atoms with Crippen LogP contribution in [0.4, 0.5) is 0 Å². The van der Waals surface area contributed by atoms with Gasteiger partial charge in [-0.25, -0.2) is 0 Å². The Bertz CT molecular complexity index is 1290. The van der Waals surface area contributed by atoms with E-state index in [0.29, 0.717) is 38.5 Å². The van der Waals surface area contributed by atoms with Crippen molar-refractivity contribution in [2.24, 2.45) is 0 Å². The number of hydrogen-bond acceptors (Lipinski definition) is 8. The smallest absolute Gasteiger partial charge is 0.266 e. The molecule has 0 spiro atoms. The maximum absolute atomic E-state index is 13.2. The average molecular weight is 549 g/mol. The third-order valence-corrected chi connectivity index (χ3v) is 7.37. The highest BCUT2D eigenvalue weighted by atomic mass is 16.5. The van der Waals surface area contributed by atoms with Gasteiger partial charge >= 0.3 is 0 Å². The lowest BCUT2D eigenvalue weighted by molar-refractivity contribution is -0.138. The van der Waals surface area contributed by atoms with Crippen LogP contribution in [0.5, 0.6) is 5.75 Å². The van der Waals surface area contributed by atoms with E-state index in [2.05, 4.69) is 10.2 Å². The summed E-state index contributed by atoms with van der Waals surface area (Å²) in [5, 5.41) is 2.20. The summed E-state index contributed by atoms with van der Waals surface area (Å²) in [6.07, 6.45) is 0.861. The molecule has 1 atom stereocenters. The van der Waals surface area contributed by atoms with Crippen molar-refractivity contribution in [3.63, 3.8) is 0 Å². The van der Waals surface area contributed by atoms with Gasteiger partial charge in [0.25, 0.3) is 11.8 Å². The number of amides is 5. The van der Waals surface area contributed by atoms with Crippen molar-refractivity contribution in [3.05, 3.63) is 65.2 Å². The number of ether oxygens (including phenoxy) is 2. The number of piperidine rings is 1. The molecular formula is C29H32N4O7. The zero-order chi connectivity index (χ0) is 28.1. The highest BCUT2D eigenvalue weighted by Gasteiger charge is 2.46. The van der Waals surface area contributed by atoms with Gasteiger partial charge in [0.1, 0.15) is 18.4 Å². The van der Waals surface area contributed by atoms with E-state index in [9.17, 15) is 24.0 Å². The Morgan fingerprint density at radius 3 is 2.45 bits per heavy atom. The molecule has 0 aliphatic carbocycles. The molecule has 2 fully saturated rings. The standard InChI is InChI=1S/C29H32N4O7/c34-24-11-10-22(27(36)30-24)33-28(37)21-8-4-9-23(26(21)29(33)38)40-17-5-12-31-13-15-32(16-14-31)25(35)19-39-18-20-6-2-1-3-7-20/h1-4,6-9,22H,5,10-19H2,(H,30,34,36). The van der Waals surface area contributed by atoms with Gasteiger partial charge in [-0.05, 0) is 30.5 Å². The Morgan fingerprint density at radius 1 is 0.925 bits per heavy atom. The van der Waals surface area contributed by atoms with E-state index in [1.165, 1.54) is 0 Å². The van der Waals surface area contributed by atoms with Gasteiger partial charge in [-0.15, -0.1) is 0 Å². The first-order chi connectivity index (χ1) is 19.4. The molecular weight excluding hydrogens is 516 g/mol. The van der Waals surface area contributed by atoms with Gasteiger partial charge in [0.15, 0.2) is 0 Å². The second-order valence-electron chi connectivity index (χ2n) is 10.0. The average Bonchev–Trinajstić information content (AvgIpc) is 3.22. The quantitative estimate of drug-likeness (QED) is 0.347. The molecule has 0 radical (unpaired) electrons. The Hall–Kier alpha value is -4.09. The fourth-order valence-electron chi connectivity index (χ4n) is 5.22. The molecule has 1 unspecified atom stereocenters. The second-order valence-corrected chi connectivity index (χ2v) is 10.0. The number of imide groups is 2. The molecule has 3 aliphatic heterocycles. The lowest BCUT2D eigenvalue weighted by atomic mass is 10.0. The molecule has 0 saturated carbocycles. The summed E-state index contributed by atoms with van der Waals surface area (Å²) < 4.78 is 11.5. The maximum atomic E-state index is 13.2. The first-order valence-electron chi connectivity index (χ1n) is 13.5. The van der Waals surface area contributed by atoms with Gasteiger partial charge in [-0.2, -0.15) is 0 Å². The van der Waals surface area contributed by atoms with Crippen LogP contribution in [0.25, 0.3) is 0 Å². The fraction of sp³-hybridized carbons (Fsp3) is 0.414. The van der Waals surface area contributed by atoms with Crippen molar-refractivity contribution >= 4 is 29.5 Å². The monoisotopic (exact) mass is 548 g/mol. The van der Waals surface area contributed by atoms with E-state index in [4.69, 9.17) is 9.47 Å². The Morgan fingerprint density at radius 2 is 1.70 bits per heavy atom. The largest absolute Gasteiger partial charge is 0.493 e. The van der Waals surface area contributed by atoms with Crippen LogP contribution < -0.4 is 10.1 Å². The molecule has 11 nitrogen and oxygen atoms in total. The topological polar surface area (TPSA) is 126 Å². The molecule has 11 heteroatoms. The minimum Gasteiger partial charge on any atom is -0.493 e. The van der Waals surface area contributed by atoms with Crippen LogP contribution in [0.15, 0.2) is 48.5 Å². The highest BCUT2D eigenvalue weighted by Crippen LogP contribution is 2.33. The van der Waals surface area contributed by atoms with Crippen LogP contribution in [0, 0.1) is 0 Å². The molecule has 5 rings (SSSR count). The van der Waals surface area contributed by atoms with Gasteiger partial charge in [-0.1, -0.05) is 36.4 Å². The summed E-state index contributed by atoms with van der Waals surface area (Å²) in [6, 6.07) is 13.6. The van der Waals surface area contributed by atoms with Gasteiger partial charge in [0.2, 0.25) is 17.7 Å². The fourth-order valence-corrected chi connectivity index (χ4v) is 5.22. The lowest BCUT2D eigenvalue weighted by Crippen LogP contribution is -2.54. The molecule has 1 N–H and O–H groups in total. The Labute approximate surface area is 232 Å². The summed E-state index contributed by atoms with van der Waals surface area (Å²) in [6.45, 7) is 4.33. The van der Waals surface area contributed by atoms with Crippen molar-refractivity contribution in [1.82, 2.24) is 20.0 Å². The molecule has 3 heterocycles. The number of hydrogen-bond donors (Lipinski definition) is 1. The van der Waals surface area contributed by atoms with Crippen LogP contribution in [-0.2, 0) is 25.7 Å². The molecule has 2 saturated heterocycles. The van der Waals surface area contributed by atoms with Crippen LogP contribution in [-0.4, -0.2) is 96.2 Å². The van der Waals surface area contributed by atoms with Crippen molar-refractivity contribution < 1.29 is 33.4 Å². The van der Waals surface area contributed by atoms with Gasteiger partial charge in [0.05, 0.1) is 24.3 Å². The number of nitrogens with zero attached hydrogens (tertiary/aromatic N) is 3. The number of carbonyl (C=O) groups excluding carboxylic acids is 5. The van der Waals surface area contributed by atoms with Crippen molar-refractivity contribution in [2.45, 2.75) is 31.9 Å². The number of fused-ring (bicyclic) bond motifs is 1. The van der Waals surface area contributed by atoms with Gasteiger partial charge < -0.3 is 14.4 Å². The van der Waals surface area contributed by atoms with E-state index in [0.717, 1.165) is 30.1 Å². The molecule has 40 heavy (non-hydrogen) atoms. The third kappa shape index (κ3) is 6.05. The summed E-state index contributed by atoms with van der Waals surface area (Å²) in [5.74, 6) is -1.91. The van der Waals surface area contributed by atoms with E-state index >= 15 is 0 Å². The number of benzene rings is 2. The predicted molar refractivity (Wildman–Crippen MR) is 142 cm³/mol. The van der Waals surface area contributed by atoms with E-state index < -0.39 is 29.7 Å². The summed E-state index contributed by atoms with van der Waals surface area (Å²) >= 11 is 0. The lowest BCUT2D eigenvalue weighted by Gasteiger charge is -2.34. The minimum absolute atomic E-state index is 0.0117. The molecule has 5 amide bonds. The van der Waals surface area contributed by atoms with Crippen LogP contribution >= 0.6 is 0 Å². The van der Waals surface area contributed by atoms with Gasteiger partial charge in [-0.3, -0.25) is 39.1 Å². The second kappa shape index (κ2) is 12.4.